The summed E-state index contributed by atoms with van der Waals surface area (Å²) in [5, 5.41) is 66.9. The van der Waals surface area contributed by atoms with E-state index in [2.05, 4.69) is 17.5 Å². The molecule has 6 rings (SSSR count). The molecule has 9 atom stereocenters. The molecule has 2 aromatic carbocycles. The number of likely N-dealkylation sites (N-methyl/N-ethyl adjacent to an activating group) is 1. The number of carbonyl (C=O) groups is 3. The number of rotatable bonds is 4. The van der Waals surface area contributed by atoms with Crippen molar-refractivity contribution in [3.63, 3.8) is 0 Å². The maximum absolute atomic E-state index is 14.4. The molecule has 0 unspecified atom stereocenters. The van der Waals surface area contributed by atoms with Crippen molar-refractivity contribution in [2.45, 2.75) is 85.6 Å². The average Bonchev–Trinajstić information content (AvgIpc) is 3.46. The van der Waals surface area contributed by atoms with Crippen LogP contribution < -0.4 is 15.0 Å². The predicted octanol–water partition coefficient (Wildman–Crippen LogP) is 2.92. The standard InChI is InChI=1S/C43H58N4O12/c1-21-12-11-13-22(2)42(55)45-33-28(20-44-47-17-15-46(9)16-18-47)37(52)30-31(38(33)53)36(51)26(6)40-32(30)41(54)43(8,59-40)57-19-14-29(56-10)23(3)39(58-27(7)48)25(5)35(50)24(4)34(21)49/h11-14,19-21,23-25,29,34-35,39,49-53H,15-18H2,1-10H3,(H,45,55)/p+1/b12-11+,19-14+,22-13-,44-20+/t21-,23+,24+,25+,29-,34-,35+,39+,43-/m0/s1. The molecular weight excluding hydrogens is 764 g/mol. The van der Waals surface area contributed by atoms with Crippen LogP contribution in [0.3, 0.4) is 0 Å². The lowest BCUT2D eigenvalue weighted by Crippen LogP contribution is -3.11. The van der Waals surface area contributed by atoms with Gasteiger partial charge in [0.15, 0.2) is 5.75 Å². The number of esters is 1. The number of Topliss-reactive ketones (excluding diaryl/α,β-unsaturated/α-hetero) is 1. The van der Waals surface area contributed by atoms with Crippen molar-refractivity contribution in [3.8, 4) is 23.0 Å². The Morgan fingerprint density at radius 3 is 2.27 bits per heavy atom. The number of hydrogen-bond acceptors (Lipinski definition) is 14. The average molecular weight is 824 g/mol. The van der Waals surface area contributed by atoms with Gasteiger partial charge >= 0.3 is 11.8 Å². The maximum Gasteiger partial charge on any atom is 0.312 e. The molecule has 5 bridgehead atoms. The number of methoxy groups -OCH3 is 1. The van der Waals surface area contributed by atoms with Gasteiger partial charge in [0, 0.05) is 61.2 Å². The number of phenols is 3. The van der Waals surface area contributed by atoms with Gasteiger partial charge in [-0.15, -0.1) is 0 Å². The smallest absolute Gasteiger partial charge is 0.312 e. The van der Waals surface area contributed by atoms with Gasteiger partial charge in [0.25, 0.3) is 11.7 Å². The number of amides is 1. The Morgan fingerprint density at radius 2 is 1.64 bits per heavy atom. The van der Waals surface area contributed by atoms with Gasteiger partial charge in [0.05, 0.1) is 86.2 Å². The quantitative estimate of drug-likeness (QED) is 0.102. The molecule has 2 aromatic rings. The van der Waals surface area contributed by atoms with E-state index in [1.54, 1.807) is 44.9 Å². The first-order chi connectivity index (χ1) is 27.7. The molecule has 4 aliphatic heterocycles. The number of ketones is 1. The SMILES string of the molecule is CO[C@H]1/C=C/O[C@@]2(C)Oc3c(C)c(O)c4c(O)c(c(/C=N/N5CC[NH+](C)CC5)c(O)c4c3C2=O)NC(=O)/C(C)=C\C=C\[C@H](C)[C@H](O)[C@@H](C)[C@@H](O)[C@@H](C)[C@H](OC(C)=O)[C@@H]1C. The number of piperazine rings is 1. The van der Waals surface area contributed by atoms with E-state index in [0.29, 0.717) is 13.1 Å². The normalized spacial score (nSPS) is 32.1. The Balaban J connectivity index is 1.70. The summed E-state index contributed by atoms with van der Waals surface area (Å²) in [4.78, 5) is 41.8. The fourth-order valence-corrected chi connectivity index (χ4v) is 8.00. The zero-order valence-electron chi connectivity index (χ0n) is 35.4. The summed E-state index contributed by atoms with van der Waals surface area (Å²) in [5.41, 5.74) is -0.330. The number of aromatic hydroxyl groups is 3. The molecule has 7 N–H and O–H groups in total. The van der Waals surface area contributed by atoms with Crippen LogP contribution in [0.25, 0.3) is 10.8 Å². The summed E-state index contributed by atoms with van der Waals surface area (Å²) in [5.74, 6) is -8.31. The van der Waals surface area contributed by atoms with Crippen LogP contribution in [0.1, 0.15) is 70.0 Å². The van der Waals surface area contributed by atoms with Crippen molar-refractivity contribution < 1.29 is 63.8 Å². The Hall–Kier alpha value is -5.16. The summed E-state index contributed by atoms with van der Waals surface area (Å²) in [6.07, 6.45) is 4.88. The van der Waals surface area contributed by atoms with Crippen LogP contribution in [0.5, 0.6) is 23.0 Å². The number of aliphatic hydroxyl groups excluding tert-OH is 2. The highest BCUT2D eigenvalue weighted by Gasteiger charge is 2.50. The van der Waals surface area contributed by atoms with Gasteiger partial charge in [0.2, 0.25) is 0 Å². The van der Waals surface area contributed by atoms with Crippen molar-refractivity contribution >= 4 is 40.3 Å². The predicted molar refractivity (Wildman–Crippen MR) is 220 cm³/mol. The fraction of sp³-hybridized carbons (Fsp3) is 0.535. The molecule has 1 amide bonds. The lowest BCUT2D eigenvalue weighted by atomic mass is 9.78. The van der Waals surface area contributed by atoms with Crippen LogP contribution in [0.15, 0.2) is 41.2 Å². The van der Waals surface area contributed by atoms with Gasteiger partial charge in [-0.25, -0.2) is 0 Å². The summed E-state index contributed by atoms with van der Waals surface area (Å²) < 4.78 is 23.6. The first-order valence-corrected chi connectivity index (χ1v) is 19.9. The number of anilines is 1. The van der Waals surface area contributed by atoms with E-state index in [9.17, 15) is 39.9 Å². The zero-order valence-corrected chi connectivity index (χ0v) is 35.4. The van der Waals surface area contributed by atoms with Gasteiger partial charge < -0.3 is 54.7 Å². The van der Waals surface area contributed by atoms with Gasteiger partial charge in [-0.05, 0) is 19.9 Å². The Morgan fingerprint density at radius 1 is 0.983 bits per heavy atom. The highest BCUT2D eigenvalue weighted by atomic mass is 16.7. The van der Waals surface area contributed by atoms with Gasteiger partial charge in [-0.3, -0.25) is 19.4 Å². The van der Waals surface area contributed by atoms with E-state index < -0.39 is 88.8 Å². The van der Waals surface area contributed by atoms with Crippen molar-refractivity contribution in [1.82, 2.24) is 5.01 Å². The van der Waals surface area contributed by atoms with Crippen LogP contribution in [0.2, 0.25) is 0 Å². The van der Waals surface area contributed by atoms with E-state index in [1.807, 2.05) is 0 Å². The molecule has 0 spiro atoms. The third-order valence-electron chi connectivity index (χ3n) is 12.0. The number of ether oxygens (including phenoxy) is 4. The summed E-state index contributed by atoms with van der Waals surface area (Å²) >= 11 is 0. The second-order valence-electron chi connectivity index (χ2n) is 16.3. The lowest BCUT2D eigenvalue weighted by Gasteiger charge is -2.38. The van der Waals surface area contributed by atoms with Gasteiger partial charge in [0.1, 0.15) is 23.4 Å². The lowest BCUT2D eigenvalue weighted by molar-refractivity contribution is -0.884. The van der Waals surface area contributed by atoms with Crippen LogP contribution in [0, 0.1) is 30.6 Å². The summed E-state index contributed by atoms with van der Waals surface area (Å²) in [6.45, 7) is 15.3. The molecule has 0 aromatic heterocycles. The van der Waals surface area contributed by atoms with Crippen LogP contribution >= 0.6 is 0 Å². The minimum atomic E-state index is -2.04. The number of carbonyl (C=O) groups excluding carboxylic acids is 3. The number of fused-ring (bicyclic) bond motifs is 14. The largest absolute Gasteiger partial charge is 0.507 e. The third-order valence-corrected chi connectivity index (χ3v) is 12.0. The molecule has 59 heavy (non-hydrogen) atoms. The molecule has 322 valence electrons. The van der Waals surface area contributed by atoms with Crippen LogP contribution in [-0.4, -0.2) is 125 Å². The van der Waals surface area contributed by atoms with E-state index in [1.165, 1.54) is 64.3 Å². The number of quaternary nitrogens is 1. The second kappa shape index (κ2) is 18.0. The number of nitrogens with one attached hydrogen (secondary N) is 2. The highest BCUT2D eigenvalue weighted by Crippen LogP contribution is 2.55. The molecule has 0 saturated carbocycles. The van der Waals surface area contributed by atoms with E-state index in [0.717, 1.165) is 13.1 Å². The van der Waals surface area contributed by atoms with E-state index in [-0.39, 0.29) is 44.5 Å². The number of hydrazone groups is 1. The molecule has 16 heteroatoms. The van der Waals surface area contributed by atoms with Crippen molar-refractivity contribution in [2.75, 3.05) is 45.7 Å². The second-order valence-corrected chi connectivity index (χ2v) is 16.3. The topological polar surface area (TPSA) is 221 Å². The van der Waals surface area contributed by atoms with Gasteiger partial charge in [-0.1, -0.05) is 45.9 Å². The molecule has 4 heterocycles. The zero-order chi connectivity index (χ0) is 43.7. The van der Waals surface area contributed by atoms with Crippen molar-refractivity contribution in [1.29, 1.82) is 0 Å². The number of nitrogens with zero attached hydrogens (tertiary/aromatic N) is 2. The minimum Gasteiger partial charge on any atom is -0.507 e. The van der Waals surface area contributed by atoms with Crippen molar-refractivity contribution in [2.24, 2.45) is 28.8 Å². The monoisotopic (exact) mass is 823 g/mol. The van der Waals surface area contributed by atoms with E-state index >= 15 is 0 Å². The maximum atomic E-state index is 14.4. The van der Waals surface area contributed by atoms with Gasteiger partial charge in [-0.2, -0.15) is 5.10 Å². The Kier molecular flexibility index (Phi) is 13.7. The van der Waals surface area contributed by atoms with Crippen molar-refractivity contribution in [3.05, 3.63) is 52.8 Å². The number of hydrogen-bond donors (Lipinski definition) is 7. The fourth-order valence-electron chi connectivity index (χ4n) is 8.00. The molecule has 0 aliphatic carbocycles. The minimum absolute atomic E-state index is 0.0583. The third kappa shape index (κ3) is 8.91. The molecule has 1 saturated heterocycles. The Bertz CT molecular complexity index is 2070. The van der Waals surface area contributed by atoms with Crippen LogP contribution in [-0.2, 0) is 23.8 Å². The van der Waals surface area contributed by atoms with Crippen LogP contribution in [0.4, 0.5) is 5.69 Å². The molecule has 0 radical (unpaired) electrons. The number of benzene rings is 2. The molecule has 1 fully saturated rings. The molecular formula is C43H59N4O12+. The Labute approximate surface area is 344 Å². The number of phenolic OH excluding ortho intramolecular Hbond substituents is 3. The number of aliphatic hydroxyl groups is 2. The summed E-state index contributed by atoms with van der Waals surface area (Å²) in [6, 6.07) is 0. The molecule has 16 nitrogen and oxygen atoms in total. The first-order valence-electron chi connectivity index (χ1n) is 19.9. The summed E-state index contributed by atoms with van der Waals surface area (Å²) in [7, 11) is 3.51. The van der Waals surface area contributed by atoms with E-state index in [4.69, 9.17) is 18.9 Å². The number of allylic oxidation sites excluding steroid dienone is 2. The highest BCUT2D eigenvalue weighted by molar-refractivity contribution is 6.23. The first kappa shape index (κ1) is 44.9. The molecule has 4 aliphatic rings.